The lowest BCUT2D eigenvalue weighted by Gasteiger charge is -2.46. The van der Waals surface area contributed by atoms with Gasteiger partial charge in [0.05, 0.1) is 12.2 Å². The van der Waals surface area contributed by atoms with E-state index in [0.29, 0.717) is 17.3 Å². The number of hydrogen-bond acceptors (Lipinski definition) is 5. The van der Waals surface area contributed by atoms with Crippen LogP contribution >= 0.6 is 11.3 Å². The van der Waals surface area contributed by atoms with Crippen LogP contribution in [0.5, 0.6) is 0 Å². The molecule has 7 atom stereocenters. The van der Waals surface area contributed by atoms with E-state index in [0.717, 1.165) is 36.6 Å². The maximum atomic E-state index is 10.6. The molecule has 47 heavy (non-hydrogen) atoms. The number of aromatic nitrogens is 1. The van der Waals surface area contributed by atoms with Gasteiger partial charge in [0.2, 0.25) is 0 Å². The fourth-order valence-corrected chi connectivity index (χ4v) is 11.7. The Kier molecular flexibility index (Phi) is 12.3. The molecule has 1 aromatic heterocycles. The zero-order valence-corrected chi connectivity index (χ0v) is 35.0. The molecule has 0 saturated heterocycles. The van der Waals surface area contributed by atoms with Gasteiger partial charge in [-0.05, 0) is 116 Å². The van der Waals surface area contributed by atoms with Crippen LogP contribution in [0, 0.1) is 23.2 Å². The van der Waals surface area contributed by atoms with E-state index in [2.05, 4.69) is 98.7 Å². The van der Waals surface area contributed by atoms with Crippen molar-refractivity contribution in [3.05, 3.63) is 52.0 Å². The maximum absolute atomic E-state index is 10.6. The van der Waals surface area contributed by atoms with Gasteiger partial charge in [0.25, 0.3) is 0 Å². The molecule has 266 valence electrons. The molecule has 3 aliphatic carbocycles. The third-order valence-corrected chi connectivity index (χ3v) is 23.2. The molecule has 0 amide bonds. The first-order valence-corrected chi connectivity index (χ1v) is 25.4. The molecule has 1 aromatic rings. The van der Waals surface area contributed by atoms with Crippen molar-refractivity contribution in [3.63, 3.8) is 0 Å². The summed E-state index contributed by atoms with van der Waals surface area (Å²) < 4.78 is 14.2. The van der Waals surface area contributed by atoms with Crippen molar-refractivity contribution in [2.24, 2.45) is 23.2 Å². The zero-order chi connectivity index (χ0) is 35.0. The SMILES string of the molecule is C=C1/C(=C\C=C2/CCC[C@]3(C)[C@@H]([C@H](C)CCCC(O)c4nccs4)CC[C@@H]23)C[C@@H](O[Si](C)(C)C(C)(C)C)C[C@@H]1O[Si](C)(C)C(C)(C)C. The van der Waals surface area contributed by atoms with Gasteiger partial charge in [0.1, 0.15) is 11.1 Å². The van der Waals surface area contributed by atoms with E-state index in [-0.39, 0.29) is 22.3 Å². The lowest BCUT2D eigenvalue weighted by atomic mass is 9.60. The fourth-order valence-electron chi connectivity index (χ4n) is 8.34. The fraction of sp³-hybridized carbons (Fsp3) is 0.775. The topological polar surface area (TPSA) is 51.6 Å². The molecule has 1 unspecified atom stereocenters. The summed E-state index contributed by atoms with van der Waals surface area (Å²) in [6, 6.07) is 0. The van der Waals surface area contributed by atoms with Gasteiger partial charge in [-0.25, -0.2) is 4.98 Å². The highest BCUT2D eigenvalue weighted by atomic mass is 32.1. The molecular formula is C40H69NO3SSi2. The second-order valence-corrected chi connectivity index (χ2v) is 29.1. The van der Waals surface area contributed by atoms with Crippen LogP contribution in [0.15, 0.2) is 47.0 Å². The average molecular weight is 700 g/mol. The van der Waals surface area contributed by atoms with Gasteiger partial charge < -0.3 is 14.0 Å². The van der Waals surface area contributed by atoms with Crippen molar-refractivity contribution in [1.82, 2.24) is 4.98 Å². The van der Waals surface area contributed by atoms with Crippen LogP contribution in [-0.4, -0.2) is 38.9 Å². The molecule has 0 aromatic carbocycles. The monoisotopic (exact) mass is 699 g/mol. The Balaban J connectivity index is 1.51. The molecule has 4 nitrogen and oxygen atoms in total. The number of fused-ring (bicyclic) bond motifs is 1. The van der Waals surface area contributed by atoms with Crippen LogP contribution in [0.3, 0.4) is 0 Å². The van der Waals surface area contributed by atoms with Crippen molar-refractivity contribution in [2.75, 3.05) is 0 Å². The predicted molar refractivity (Wildman–Crippen MR) is 207 cm³/mol. The molecule has 1 heterocycles. The van der Waals surface area contributed by atoms with Crippen molar-refractivity contribution >= 4 is 28.0 Å². The standard InChI is InChI=1S/C40H69NO3SSi2/c1-28(16-14-18-35(42)37-41-24-25-45-37)33-21-22-34-30(17-15-23-40(33,34)9)19-20-31-26-32(43-46(10,11)38(3,4)5)27-36(29(31)2)44-47(12,13)39(6,7)8/h19-20,24-25,28,32-36,42H,2,14-18,21-23,26-27H2,1,3-13H3/b30-19+,31-20-/t28-,32-,33-,34+,35?,36+,40-/m1/s1. The number of nitrogens with zero attached hydrogens (tertiary/aromatic N) is 1. The molecule has 3 aliphatic rings. The van der Waals surface area contributed by atoms with E-state index >= 15 is 0 Å². The summed E-state index contributed by atoms with van der Waals surface area (Å²) in [7, 11) is -3.92. The second kappa shape index (κ2) is 14.8. The molecule has 0 radical (unpaired) electrons. The van der Waals surface area contributed by atoms with Crippen molar-refractivity contribution in [2.45, 2.75) is 174 Å². The van der Waals surface area contributed by atoms with Crippen molar-refractivity contribution in [3.8, 4) is 0 Å². The van der Waals surface area contributed by atoms with Crippen LogP contribution in [-0.2, 0) is 8.85 Å². The van der Waals surface area contributed by atoms with E-state index < -0.39 is 22.7 Å². The minimum Gasteiger partial charge on any atom is -0.413 e. The highest BCUT2D eigenvalue weighted by Crippen LogP contribution is 2.60. The van der Waals surface area contributed by atoms with Crippen LogP contribution in [0.1, 0.15) is 131 Å². The molecule has 3 saturated carbocycles. The van der Waals surface area contributed by atoms with E-state index in [4.69, 9.17) is 15.4 Å². The first-order valence-electron chi connectivity index (χ1n) is 18.7. The highest BCUT2D eigenvalue weighted by Gasteiger charge is 2.50. The van der Waals surface area contributed by atoms with Crippen LogP contribution in [0.25, 0.3) is 0 Å². The van der Waals surface area contributed by atoms with Crippen molar-refractivity contribution in [1.29, 1.82) is 0 Å². The average Bonchev–Trinajstić information content (AvgIpc) is 3.60. The third kappa shape index (κ3) is 8.91. The normalized spacial score (nSPS) is 31.0. The number of rotatable bonds is 11. The van der Waals surface area contributed by atoms with Gasteiger partial charge in [-0.1, -0.05) is 92.5 Å². The molecule has 1 N–H and O–H groups in total. The first-order chi connectivity index (χ1) is 21.7. The summed E-state index contributed by atoms with van der Waals surface area (Å²) in [5.74, 6) is 2.08. The molecule has 4 rings (SSSR count). The summed E-state index contributed by atoms with van der Waals surface area (Å²) in [4.78, 5) is 4.32. The summed E-state index contributed by atoms with van der Waals surface area (Å²) in [5.41, 5.74) is 4.53. The van der Waals surface area contributed by atoms with Crippen molar-refractivity contribution < 1.29 is 14.0 Å². The van der Waals surface area contributed by atoms with E-state index in [1.807, 2.05) is 5.38 Å². The number of aliphatic hydroxyl groups excluding tert-OH is 1. The molecule has 0 spiro atoms. The van der Waals surface area contributed by atoms with E-state index in [1.54, 1.807) is 23.1 Å². The molecular weight excluding hydrogens is 631 g/mol. The summed E-state index contributed by atoms with van der Waals surface area (Å²) in [5, 5.41) is 13.7. The predicted octanol–water partition coefficient (Wildman–Crippen LogP) is 12.2. The molecule has 0 aliphatic heterocycles. The largest absolute Gasteiger partial charge is 0.413 e. The van der Waals surface area contributed by atoms with Crippen LogP contribution in [0.4, 0.5) is 0 Å². The number of allylic oxidation sites excluding steroid dienone is 3. The summed E-state index contributed by atoms with van der Waals surface area (Å²) >= 11 is 1.56. The Morgan fingerprint density at radius 1 is 1.04 bits per heavy atom. The lowest BCUT2D eigenvalue weighted by molar-refractivity contribution is 0.0897. The van der Waals surface area contributed by atoms with Crippen LogP contribution < -0.4 is 0 Å². The maximum Gasteiger partial charge on any atom is 0.192 e. The quantitative estimate of drug-likeness (QED) is 0.234. The molecule has 7 heteroatoms. The number of thiazole rings is 1. The Morgan fingerprint density at radius 3 is 2.32 bits per heavy atom. The Bertz CT molecular complexity index is 1270. The van der Waals surface area contributed by atoms with Gasteiger partial charge in [0.15, 0.2) is 16.6 Å². The second-order valence-electron chi connectivity index (χ2n) is 18.7. The first kappa shape index (κ1) is 39.0. The zero-order valence-electron chi connectivity index (χ0n) is 32.2. The van der Waals surface area contributed by atoms with Crippen LogP contribution in [0.2, 0.25) is 36.3 Å². The Hall–Kier alpha value is -0.836. The van der Waals surface area contributed by atoms with Gasteiger partial charge in [-0.15, -0.1) is 11.3 Å². The molecule has 3 fully saturated rings. The minimum atomic E-state index is -1.98. The third-order valence-electron chi connectivity index (χ3n) is 13.3. The van der Waals surface area contributed by atoms with Gasteiger partial charge in [-0.2, -0.15) is 0 Å². The smallest absolute Gasteiger partial charge is 0.192 e. The van der Waals surface area contributed by atoms with E-state index in [9.17, 15) is 5.11 Å². The number of aliphatic hydroxyl groups is 1. The lowest BCUT2D eigenvalue weighted by Crippen LogP contribution is -2.49. The summed E-state index contributed by atoms with van der Waals surface area (Å²) in [6.07, 6.45) is 17.9. The Morgan fingerprint density at radius 2 is 1.70 bits per heavy atom. The number of hydrogen-bond donors (Lipinski definition) is 1. The van der Waals surface area contributed by atoms with Gasteiger partial charge >= 0.3 is 0 Å². The molecule has 0 bridgehead atoms. The van der Waals surface area contributed by atoms with E-state index in [1.165, 1.54) is 49.7 Å². The van der Waals surface area contributed by atoms with Gasteiger partial charge in [-0.3, -0.25) is 0 Å². The van der Waals surface area contributed by atoms with Gasteiger partial charge in [0, 0.05) is 18.0 Å². The summed E-state index contributed by atoms with van der Waals surface area (Å²) in [6.45, 7) is 33.3. The highest BCUT2D eigenvalue weighted by molar-refractivity contribution is 7.09. The Labute approximate surface area is 295 Å². The minimum absolute atomic E-state index is 0.0199.